The van der Waals surface area contributed by atoms with E-state index in [9.17, 15) is 14.3 Å². The Morgan fingerprint density at radius 3 is 1.69 bits per heavy atom. The number of hydrogen-bond donors (Lipinski definition) is 2. The number of methoxy groups -OCH3 is 1. The zero-order valence-corrected chi connectivity index (χ0v) is 23.8. The minimum Gasteiger partial charge on any atom is -0.497 e. The van der Waals surface area contributed by atoms with Gasteiger partial charge in [0.2, 0.25) is 0 Å². The lowest BCUT2D eigenvalue weighted by molar-refractivity contribution is 0.103. The predicted molar refractivity (Wildman–Crippen MR) is 161 cm³/mol. The van der Waals surface area contributed by atoms with Crippen molar-refractivity contribution in [3.05, 3.63) is 125 Å². The predicted octanol–water partition coefficient (Wildman–Crippen LogP) is 6.17. The number of halogens is 1. The molecule has 4 aromatic carbocycles. The molecule has 0 aliphatic heterocycles. The van der Waals surface area contributed by atoms with E-state index >= 15 is 0 Å². The molecule has 0 aliphatic carbocycles. The van der Waals surface area contributed by atoms with Gasteiger partial charge in [0.05, 0.1) is 20.3 Å². The van der Waals surface area contributed by atoms with Gasteiger partial charge in [-0.15, -0.1) is 6.42 Å². The molecule has 1 atom stereocenters. The fourth-order valence-corrected chi connectivity index (χ4v) is 3.93. The van der Waals surface area contributed by atoms with E-state index in [0.29, 0.717) is 40.4 Å². The third-order valence-corrected chi connectivity index (χ3v) is 6.34. The summed E-state index contributed by atoms with van der Waals surface area (Å²) in [6.07, 6.45) is 7.72. The monoisotopic (exact) mass is 570 g/mol. The number of rotatable bonds is 12. The maximum atomic E-state index is 12.8. The van der Waals surface area contributed by atoms with Crippen LogP contribution in [0.15, 0.2) is 97.1 Å². The van der Waals surface area contributed by atoms with Gasteiger partial charge >= 0.3 is 0 Å². The summed E-state index contributed by atoms with van der Waals surface area (Å²) in [5, 5.41) is 19.5. The Balaban J connectivity index is 0.000000235. The van der Waals surface area contributed by atoms with Crippen LogP contribution in [0.1, 0.15) is 46.8 Å². The van der Waals surface area contributed by atoms with Crippen LogP contribution in [-0.2, 0) is 5.60 Å². The molecule has 1 unspecified atom stereocenters. The number of terminal acetylenes is 1. The fraction of sp³-hybridized carbons (Fsp3) is 0.229. The number of ether oxygens (including phenoxy) is 3. The molecule has 4 rings (SSSR count). The molecule has 0 spiro atoms. The molecule has 0 aromatic heterocycles. The van der Waals surface area contributed by atoms with Crippen LogP contribution in [0.25, 0.3) is 0 Å². The maximum Gasteiger partial charge on any atom is 0.193 e. The fourth-order valence-electron chi connectivity index (χ4n) is 3.93. The topological polar surface area (TPSA) is 85.2 Å². The molecule has 2 N–H and O–H groups in total. The number of carbonyl (C=O) groups is 1. The molecule has 218 valence electrons. The van der Waals surface area contributed by atoms with Crippen LogP contribution in [0.3, 0.4) is 0 Å². The van der Waals surface area contributed by atoms with Crippen molar-refractivity contribution >= 4 is 5.78 Å². The molecule has 0 heterocycles. The van der Waals surface area contributed by atoms with Crippen molar-refractivity contribution in [3.8, 4) is 29.6 Å². The van der Waals surface area contributed by atoms with E-state index in [-0.39, 0.29) is 24.8 Å². The molecule has 6 nitrogen and oxygen atoms in total. The lowest BCUT2D eigenvalue weighted by atomic mass is 9.87. The van der Waals surface area contributed by atoms with Gasteiger partial charge in [-0.1, -0.05) is 43.5 Å². The third-order valence-electron chi connectivity index (χ3n) is 6.34. The van der Waals surface area contributed by atoms with Gasteiger partial charge in [0.15, 0.2) is 11.4 Å². The van der Waals surface area contributed by atoms with Crippen molar-refractivity contribution in [2.24, 2.45) is 0 Å². The van der Waals surface area contributed by atoms with E-state index in [0.717, 1.165) is 18.6 Å². The van der Waals surface area contributed by atoms with Crippen molar-refractivity contribution in [3.63, 3.8) is 0 Å². The third kappa shape index (κ3) is 8.68. The van der Waals surface area contributed by atoms with Gasteiger partial charge in [-0.05, 0) is 79.2 Å². The van der Waals surface area contributed by atoms with Gasteiger partial charge in [0, 0.05) is 22.3 Å². The Hall–Kier alpha value is -4.64. The van der Waals surface area contributed by atoms with Crippen LogP contribution in [0.4, 0.5) is 4.39 Å². The molecule has 7 heteroatoms. The Morgan fingerprint density at radius 1 is 0.786 bits per heavy atom. The SMILES string of the molecule is C#CC(O)(c1ccc(OC)cc1)c1ccc(OCCCC)cc1.O=C(c1ccc(F)cc1)c1ccc(OCCO)cc1. The Kier molecular flexibility index (Phi) is 12.1. The van der Waals surface area contributed by atoms with Crippen molar-refractivity contribution in [2.45, 2.75) is 25.4 Å². The quantitative estimate of drug-likeness (QED) is 0.120. The van der Waals surface area contributed by atoms with Crippen LogP contribution < -0.4 is 14.2 Å². The molecule has 0 fully saturated rings. The van der Waals surface area contributed by atoms with Crippen LogP contribution in [0.2, 0.25) is 0 Å². The van der Waals surface area contributed by atoms with E-state index in [1.165, 1.54) is 24.3 Å². The largest absolute Gasteiger partial charge is 0.497 e. The minimum atomic E-state index is -1.48. The van der Waals surface area contributed by atoms with Gasteiger partial charge in [-0.25, -0.2) is 4.39 Å². The second-order valence-electron chi connectivity index (χ2n) is 9.24. The van der Waals surface area contributed by atoms with Crippen molar-refractivity contribution in [2.75, 3.05) is 26.9 Å². The van der Waals surface area contributed by atoms with Gasteiger partial charge in [0.25, 0.3) is 0 Å². The highest BCUT2D eigenvalue weighted by molar-refractivity contribution is 6.09. The normalized spacial score (nSPS) is 11.7. The number of aliphatic hydroxyl groups is 2. The van der Waals surface area contributed by atoms with Gasteiger partial charge < -0.3 is 24.4 Å². The number of ketones is 1. The van der Waals surface area contributed by atoms with E-state index in [1.807, 2.05) is 12.1 Å². The summed E-state index contributed by atoms with van der Waals surface area (Å²) >= 11 is 0. The molecule has 0 saturated heterocycles. The van der Waals surface area contributed by atoms with E-state index < -0.39 is 5.60 Å². The molecule has 4 aromatic rings. The number of carbonyl (C=O) groups excluding carboxylic acids is 1. The zero-order chi connectivity index (χ0) is 30.4. The Morgan fingerprint density at radius 2 is 1.24 bits per heavy atom. The van der Waals surface area contributed by atoms with E-state index in [4.69, 9.17) is 25.7 Å². The molecule has 0 aliphatic rings. The van der Waals surface area contributed by atoms with E-state index in [1.54, 1.807) is 67.8 Å². The van der Waals surface area contributed by atoms with Gasteiger partial charge in [0.1, 0.15) is 29.7 Å². The molecule has 42 heavy (non-hydrogen) atoms. The lowest BCUT2D eigenvalue weighted by Gasteiger charge is -2.23. The molecule has 0 radical (unpaired) electrons. The average Bonchev–Trinajstić information content (AvgIpc) is 3.04. The number of aliphatic hydroxyl groups excluding tert-OH is 1. The molecular weight excluding hydrogens is 535 g/mol. The Bertz CT molecular complexity index is 1430. The van der Waals surface area contributed by atoms with Crippen molar-refractivity contribution < 1.29 is 33.6 Å². The highest BCUT2D eigenvalue weighted by Gasteiger charge is 2.29. The van der Waals surface area contributed by atoms with E-state index in [2.05, 4.69) is 12.8 Å². The first kappa shape index (κ1) is 31.9. The summed E-state index contributed by atoms with van der Waals surface area (Å²) < 4.78 is 28.7. The smallest absolute Gasteiger partial charge is 0.193 e. The minimum absolute atomic E-state index is 0.0593. The second-order valence-corrected chi connectivity index (χ2v) is 9.24. The summed E-state index contributed by atoms with van der Waals surface area (Å²) in [6.45, 7) is 2.96. The average molecular weight is 571 g/mol. The standard InChI is InChI=1S/C20H22O3.C15H13FO3/c1-4-6-15-23-19-13-9-17(10-14-19)20(21,5-2)16-7-11-18(22-3)12-8-16;16-13-5-1-11(2-6-13)15(18)12-3-7-14(8-4-12)19-10-9-17/h2,7-14,21H,4,6,15H2,1,3H3;1-8,17H,9-10H2. The van der Waals surface area contributed by atoms with Gasteiger partial charge in [-0.2, -0.15) is 0 Å². The first-order valence-electron chi connectivity index (χ1n) is 13.6. The Labute approximate surface area is 246 Å². The number of unbranched alkanes of at least 4 members (excludes halogenated alkanes) is 1. The molecular formula is C35H35FO6. The van der Waals surface area contributed by atoms with Crippen LogP contribution in [-0.4, -0.2) is 42.9 Å². The molecule has 0 amide bonds. The summed E-state index contributed by atoms with van der Waals surface area (Å²) in [7, 11) is 1.60. The maximum absolute atomic E-state index is 12.8. The highest BCUT2D eigenvalue weighted by Crippen LogP contribution is 2.31. The summed E-state index contributed by atoms with van der Waals surface area (Å²) in [5.41, 5.74) is 0.718. The summed E-state index contributed by atoms with van der Waals surface area (Å²) in [5.74, 6) is 4.03. The highest BCUT2D eigenvalue weighted by atomic mass is 19.1. The van der Waals surface area contributed by atoms with Crippen LogP contribution >= 0.6 is 0 Å². The summed E-state index contributed by atoms with van der Waals surface area (Å²) in [4.78, 5) is 12.1. The first-order chi connectivity index (χ1) is 20.3. The molecule has 0 bridgehead atoms. The summed E-state index contributed by atoms with van der Waals surface area (Å²) in [6, 6.07) is 26.4. The van der Waals surface area contributed by atoms with Crippen LogP contribution in [0.5, 0.6) is 17.2 Å². The zero-order valence-electron chi connectivity index (χ0n) is 23.8. The van der Waals surface area contributed by atoms with Gasteiger partial charge in [-0.3, -0.25) is 4.79 Å². The van der Waals surface area contributed by atoms with Crippen LogP contribution in [0, 0.1) is 18.2 Å². The molecule has 0 saturated carbocycles. The second kappa shape index (κ2) is 16.0. The number of benzene rings is 4. The first-order valence-corrected chi connectivity index (χ1v) is 13.6. The number of hydrogen-bond acceptors (Lipinski definition) is 6. The van der Waals surface area contributed by atoms with Crippen molar-refractivity contribution in [1.29, 1.82) is 0 Å². The van der Waals surface area contributed by atoms with Crippen molar-refractivity contribution in [1.82, 2.24) is 0 Å². The lowest BCUT2D eigenvalue weighted by Crippen LogP contribution is -2.24.